The molecule has 1 saturated heterocycles. The first-order chi connectivity index (χ1) is 12.9. The molecule has 1 unspecified atom stereocenters. The van der Waals surface area contributed by atoms with Gasteiger partial charge in [-0.2, -0.15) is 8.42 Å². The van der Waals surface area contributed by atoms with Crippen molar-refractivity contribution >= 4 is 27.7 Å². The Hall–Kier alpha value is -2.42. The van der Waals surface area contributed by atoms with E-state index < -0.39 is 21.9 Å². The van der Waals surface area contributed by atoms with E-state index in [2.05, 4.69) is 9.71 Å². The van der Waals surface area contributed by atoms with Crippen LogP contribution in [0, 0.1) is 5.92 Å². The molecule has 1 aromatic rings. The normalized spacial score (nSPS) is 23.3. The highest BCUT2D eigenvalue weighted by Crippen LogP contribution is 2.30. The number of likely N-dealkylation sites (tertiary alicyclic amines) is 1. The maximum atomic E-state index is 12.4. The first kappa shape index (κ1) is 18.0. The number of sulfonamides is 1. The van der Waals surface area contributed by atoms with Gasteiger partial charge in [0.15, 0.2) is 12.4 Å². The minimum absolute atomic E-state index is 0.196. The van der Waals surface area contributed by atoms with Crippen molar-refractivity contribution in [2.24, 2.45) is 10.3 Å². The van der Waals surface area contributed by atoms with Crippen LogP contribution < -0.4 is 5.32 Å². The number of esters is 1. The second kappa shape index (κ2) is 6.95. The molecule has 0 bridgehead atoms. The lowest BCUT2D eigenvalue weighted by Crippen LogP contribution is -2.43. The fraction of sp³-hybridized carbons (Fsp3) is 0.500. The molecule has 0 radical (unpaired) electrons. The van der Waals surface area contributed by atoms with E-state index in [1.165, 1.54) is 6.07 Å². The summed E-state index contributed by atoms with van der Waals surface area (Å²) in [6, 6.07) is 6.92. The fourth-order valence-corrected chi connectivity index (χ4v) is 4.66. The average Bonchev–Trinajstić information content (AvgIpc) is 3.43. The second-order valence-corrected chi connectivity index (χ2v) is 8.69. The predicted molar refractivity (Wildman–Crippen MR) is 96.6 cm³/mol. The second-order valence-electron chi connectivity index (χ2n) is 7.12. The van der Waals surface area contributed by atoms with E-state index in [1.54, 1.807) is 18.2 Å². The van der Waals surface area contributed by atoms with Gasteiger partial charge in [0.05, 0.1) is 5.92 Å². The van der Waals surface area contributed by atoms with Gasteiger partial charge in [-0.05, 0) is 37.8 Å². The molecule has 0 aromatic heterocycles. The topological polar surface area (TPSA) is 105 Å². The maximum Gasteiger partial charge on any atom is 0.311 e. The third-order valence-electron chi connectivity index (χ3n) is 4.95. The quantitative estimate of drug-likeness (QED) is 0.757. The molecule has 0 spiro atoms. The van der Waals surface area contributed by atoms with E-state index in [-0.39, 0.29) is 23.5 Å². The number of piperidine rings is 1. The third-order valence-corrected chi connectivity index (χ3v) is 6.28. The molecule has 1 amide bonds. The number of benzene rings is 1. The Balaban J connectivity index is 1.41. The van der Waals surface area contributed by atoms with Crippen molar-refractivity contribution in [1.29, 1.82) is 0 Å². The van der Waals surface area contributed by atoms with Crippen LogP contribution in [0.3, 0.4) is 0 Å². The molecule has 3 aliphatic rings. The van der Waals surface area contributed by atoms with Gasteiger partial charge in [0.2, 0.25) is 0 Å². The van der Waals surface area contributed by atoms with Gasteiger partial charge in [0.25, 0.3) is 15.9 Å². The first-order valence-corrected chi connectivity index (χ1v) is 10.5. The molecular formula is C18H21N3O5S. The van der Waals surface area contributed by atoms with Crippen LogP contribution in [-0.2, 0) is 24.3 Å². The third kappa shape index (κ3) is 3.83. The van der Waals surface area contributed by atoms with Gasteiger partial charge in [-0.25, -0.2) is 0 Å². The van der Waals surface area contributed by atoms with Crippen molar-refractivity contribution in [2.75, 3.05) is 19.7 Å². The molecule has 4 rings (SSSR count). The van der Waals surface area contributed by atoms with Crippen LogP contribution >= 0.6 is 0 Å². The number of carbonyl (C=O) groups excluding carboxylic acids is 2. The van der Waals surface area contributed by atoms with Gasteiger partial charge in [-0.3, -0.25) is 9.59 Å². The summed E-state index contributed by atoms with van der Waals surface area (Å²) < 4.78 is 33.6. The van der Waals surface area contributed by atoms with E-state index in [1.807, 2.05) is 4.90 Å². The van der Waals surface area contributed by atoms with Crippen LogP contribution in [0.1, 0.15) is 31.2 Å². The zero-order valence-corrected chi connectivity index (χ0v) is 15.6. The van der Waals surface area contributed by atoms with Crippen molar-refractivity contribution in [3.8, 4) is 0 Å². The van der Waals surface area contributed by atoms with Crippen LogP contribution in [0.15, 0.2) is 33.6 Å². The first-order valence-electron chi connectivity index (χ1n) is 9.09. The summed E-state index contributed by atoms with van der Waals surface area (Å²) in [5.41, 5.74) is 0.565. The van der Waals surface area contributed by atoms with E-state index in [4.69, 9.17) is 4.74 Å². The van der Waals surface area contributed by atoms with Crippen molar-refractivity contribution in [3.05, 3.63) is 29.8 Å². The molecule has 1 N–H and O–H groups in total. The van der Waals surface area contributed by atoms with E-state index in [9.17, 15) is 18.0 Å². The summed E-state index contributed by atoms with van der Waals surface area (Å²) in [4.78, 5) is 26.0. The summed E-state index contributed by atoms with van der Waals surface area (Å²) >= 11 is 0. The molecule has 9 heteroatoms. The Labute approximate surface area is 157 Å². The number of nitrogens with one attached hydrogen (secondary N) is 1. The lowest BCUT2D eigenvalue weighted by Gasteiger charge is -2.32. The standard InChI is InChI=1S/C18H21N3O5S/c22-16(19-13-7-8-13)11-26-18(23)12-4-3-9-21(10-12)17-14-5-1-2-6-15(14)27(24,25)20-17/h1-2,5-6,12-13H,3-4,7-11H2,(H,19,22). The number of amides is 1. The number of hydrogen-bond acceptors (Lipinski definition) is 6. The Morgan fingerprint density at radius 2 is 2.00 bits per heavy atom. The van der Waals surface area contributed by atoms with E-state index in [0.717, 1.165) is 19.3 Å². The lowest BCUT2D eigenvalue weighted by atomic mass is 9.97. The predicted octanol–water partition coefficient (Wildman–Crippen LogP) is 0.669. The molecule has 27 heavy (non-hydrogen) atoms. The number of rotatable bonds is 4. The number of carbonyl (C=O) groups is 2. The fourth-order valence-electron chi connectivity index (χ4n) is 3.43. The van der Waals surface area contributed by atoms with Gasteiger partial charge < -0.3 is 15.0 Å². The molecule has 1 saturated carbocycles. The SMILES string of the molecule is O=C(COC(=O)C1CCCN(C2=NS(=O)(=O)c3ccccc32)C1)NC1CC1. The Kier molecular flexibility index (Phi) is 4.63. The number of fused-ring (bicyclic) bond motifs is 1. The number of nitrogens with zero attached hydrogens (tertiary/aromatic N) is 2. The van der Waals surface area contributed by atoms with Crippen molar-refractivity contribution in [1.82, 2.24) is 10.2 Å². The number of hydrogen-bond donors (Lipinski definition) is 1. The lowest BCUT2D eigenvalue weighted by molar-refractivity contribution is -0.153. The van der Waals surface area contributed by atoms with Crippen LogP contribution in [0.25, 0.3) is 0 Å². The van der Waals surface area contributed by atoms with Crippen LogP contribution in [0.2, 0.25) is 0 Å². The number of amidine groups is 1. The highest BCUT2D eigenvalue weighted by atomic mass is 32.2. The van der Waals surface area contributed by atoms with Crippen LogP contribution in [-0.4, -0.2) is 56.8 Å². The zero-order chi connectivity index (χ0) is 19.0. The maximum absolute atomic E-state index is 12.4. The Morgan fingerprint density at radius 1 is 1.22 bits per heavy atom. The molecule has 2 heterocycles. The van der Waals surface area contributed by atoms with Crippen LogP contribution in [0.4, 0.5) is 0 Å². The molecule has 1 atom stereocenters. The molecule has 1 aromatic carbocycles. The average molecular weight is 391 g/mol. The van der Waals surface area contributed by atoms with E-state index in [0.29, 0.717) is 30.9 Å². The molecule has 8 nitrogen and oxygen atoms in total. The van der Waals surface area contributed by atoms with Gasteiger partial charge in [-0.1, -0.05) is 12.1 Å². The largest absolute Gasteiger partial charge is 0.455 e. The highest BCUT2D eigenvalue weighted by Gasteiger charge is 2.35. The minimum atomic E-state index is -3.69. The molecular weight excluding hydrogens is 370 g/mol. The number of ether oxygens (including phenoxy) is 1. The Bertz CT molecular complexity index is 907. The molecule has 1 aliphatic carbocycles. The monoisotopic (exact) mass is 391 g/mol. The summed E-state index contributed by atoms with van der Waals surface area (Å²) in [5.74, 6) is -0.737. The molecule has 2 aliphatic heterocycles. The highest BCUT2D eigenvalue weighted by molar-refractivity contribution is 7.90. The van der Waals surface area contributed by atoms with Crippen molar-refractivity contribution in [2.45, 2.75) is 36.6 Å². The van der Waals surface area contributed by atoms with Crippen LogP contribution in [0.5, 0.6) is 0 Å². The summed E-state index contributed by atoms with van der Waals surface area (Å²) in [5, 5.41) is 2.77. The van der Waals surface area contributed by atoms with Gasteiger partial charge >= 0.3 is 5.97 Å². The zero-order valence-electron chi connectivity index (χ0n) is 14.8. The van der Waals surface area contributed by atoms with Crippen molar-refractivity contribution < 1.29 is 22.7 Å². The van der Waals surface area contributed by atoms with Gasteiger partial charge in [0, 0.05) is 24.7 Å². The van der Waals surface area contributed by atoms with Gasteiger partial charge in [0.1, 0.15) is 4.90 Å². The molecule has 144 valence electrons. The summed E-state index contributed by atoms with van der Waals surface area (Å²) in [6.45, 7) is 0.671. The molecule has 2 fully saturated rings. The smallest absolute Gasteiger partial charge is 0.311 e. The summed E-state index contributed by atoms with van der Waals surface area (Å²) in [6.07, 6.45) is 3.31. The van der Waals surface area contributed by atoms with Gasteiger partial charge in [-0.15, -0.1) is 4.40 Å². The van der Waals surface area contributed by atoms with E-state index >= 15 is 0 Å². The minimum Gasteiger partial charge on any atom is -0.455 e. The Morgan fingerprint density at radius 3 is 2.78 bits per heavy atom. The van der Waals surface area contributed by atoms with Crippen molar-refractivity contribution in [3.63, 3.8) is 0 Å². The summed E-state index contributed by atoms with van der Waals surface area (Å²) in [7, 11) is -3.69.